The monoisotopic (exact) mass is 234 g/mol. The molecule has 0 saturated carbocycles. The summed E-state index contributed by atoms with van der Waals surface area (Å²) in [5.41, 5.74) is 6.04. The molecule has 7 nitrogen and oxygen atoms in total. The Labute approximate surface area is 96.8 Å². The molecule has 0 unspecified atom stereocenters. The lowest BCUT2D eigenvalue weighted by Crippen LogP contribution is -2.31. The minimum absolute atomic E-state index is 0.0149. The van der Waals surface area contributed by atoms with E-state index in [1.807, 2.05) is 0 Å². The number of likely N-dealkylation sites (N-methyl/N-ethyl adjacent to an activating group) is 1. The number of nitrogens with zero attached hydrogens (tertiary/aromatic N) is 3. The van der Waals surface area contributed by atoms with Crippen LogP contribution in [0.25, 0.3) is 0 Å². The van der Waals surface area contributed by atoms with Gasteiger partial charge in [-0.15, -0.1) is 0 Å². The molecule has 1 aromatic rings. The Hall–Kier alpha value is -2.44. The van der Waals surface area contributed by atoms with E-state index >= 15 is 0 Å². The second-order valence-corrected chi connectivity index (χ2v) is 3.63. The maximum atomic E-state index is 11.6. The fourth-order valence-electron chi connectivity index (χ4n) is 1.47. The van der Waals surface area contributed by atoms with Crippen molar-refractivity contribution in [1.29, 1.82) is 0 Å². The van der Waals surface area contributed by atoms with Crippen LogP contribution in [0.15, 0.2) is 18.3 Å². The number of nitrogen functional groups attached to an aromatic ring is 1. The van der Waals surface area contributed by atoms with E-state index in [0.29, 0.717) is 11.4 Å². The molecule has 1 fully saturated rings. The molecule has 2 N–H and O–H groups in total. The van der Waals surface area contributed by atoms with E-state index in [-0.39, 0.29) is 6.54 Å². The van der Waals surface area contributed by atoms with Crippen LogP contribution >= 0.6 is 0 Å². The molecule has 1 aliphatic heterocycles. The second kappa shape index (κ2) is 3.85. The van der Waals surface area contributed by atoms with Gasteiger partial charge in [-0.1, -0.05) is 6.07 Å². The van der Waals surface area contributed by atoms with Crippen molar-refractivity contribution in [1.82, 2.24) is 14.8 Å². The van der Waals surface area contributed by atoms with E-state index < -0.39 is 17.8 Å². The summed E-state index contributed by atoms with van der Waals surface area (Å²) < 4.78 is 0. The fraction of sp³-hybridized carbons (Fsp3) is 0.200. The highest BCUT2D eigenvalue weighted by molar-refractivity contribution is 6.44. The zero-order chi connectivity index (χ0) is 12.6. The van der Waals surface area contributed by atoms with Gasteiger partial charge in [0, 0.05) is 13.2 Å². The summed E-state index contributed by atoms with van der Waals surface area (Å²) >= 11 is 0. The number of pyridine rings is 1. The van der Waals surface area contributed by atoms with Crippen LogP contribution in [-0.2, 0) is 16.1 Å². The molecule has 0 spiro atoms. The van der Waals surface area contributed by atoms with E-state index in [1.165, 1.54) is 13.2 Å². The lowest BCUT2D eigenvalue weighted by atomic mass is 10.2. The summed E-state index contributed by atoms with van der Waals surface area (Å²) in [6.07, 6.45) is 1.46. The van der Waals surface area contributed by atoms with Crippen molar-refractivity contribution in [3.63, 3.8) is 0 Å². The molecule has 2 heterocycles. The Morgan fingerprint density at radius 2 is 1.94 bits per heavy atom. The van der Waals surface area contributed by atoms with Gasteiger partial charge in [0.25, 0.3) is 0 Å². The summed E-state index contributed by atoms with van der Waals surface area (Å²) in [4.78, 5) is 39.8. The predicted molar refractivity (Wildman–Crippen MR) is 57.4 cm³/mol. The largest absolute Gasteiger partial charge is 0.384 e. The third-order valence-electron chi connectivity index (χ3n) is 2.44. The van der Waals surface area contributed by atoms with Crippen molar-refractivity contribution >= 4 is 23.7 Å². The van der Waals surface area contributed by atoms with Gasteiger partial charge < -0.3 is 5.73 Å². The Kier molecular flexibility index (Phi) is 2.51. The van der Waals surface area contributed by atoms with E-state index in [0.717, 1.165) is 9.80 Å². The third-order valence-corrected chi connectivity index (χ3v) is 2.44. The summed E-state index contributed by atoms with van der Waals surface area (Å²) in [6.45, 7) is 0.0149. The molecule has 4 amide bonds. The molecule has 1 saturated heterocycles. The van der Waals surface area contributed by atoms with Crippen molar-refractivity contribution in [3.05, 3.63) is 23.9 Å². The average Bonchev–Trinajstić information content (AvgIpc) is 2.50. The third kappa shape index (κ3) is 1.82. The Morgan fingerprint density at radius 1 is 1.24 bits per heavy atom. The van der Waals surface area contributed by atoms with Crippen molar-refractivity contribution < 1.29 is 14.4 Å². The van der Waals surface area contributed by atoms with E-state index in [4.69, 9.17) is 5.73 Å². The predicted octanol–water partition coefficient (Wildman–Crippen LogP) is -0.416. The summed E-state index contributed by atoms with van der Waals surface area (Å²) in [6, 6.07) is 2.58. The van der Waals surface area contributed by atoms with Gasteiger partial charge >= 0.3 is 17.8 Å². The van der Waals surface area contributed by atoms with Gasteiger partial charge in [0.15, 0.2) is 0 Å². The average molecular weight is 234 g/mol. The van der Waals surface area contributed by atoms with E-state index in [1.54, 1.807) is 12.1 Å². The van der Waals surface area contributed by atoms with Gasteiger partial charge in [0.05, 0.1) is 6.54 Å². The molecule has 7 heteroatoms. The number of carbonyl (C=O) groups excluding carboxylic acids is 3. The normalized spacial score (nSPS) is 15.9. The van der Waals surface area contributed by atoms with E-state index in [2.05, 4.69) is 4.98 Å². The van der Waals surface area contributed by atoms with Gasteiger partial charge in [0.1, 0.15) is 5.82 Å². The molecule has 17 heavy (non-hydrogen) atoms. The molecule has 2 rings (SSSR count). The van der Waals surface area contributed by atoms with Crippen molar-refractivity contribution in [2.75, 3.05) is 12.8 Å². The summed E-state index contributed by atoms with van der Waals surface area (Å²) in [5, 5.41) is 0. The molecule has 0 aromatic carbocycles. The van der Waals surface area contributed by atoms with Gasteiger partial charge in [-0.05, 0) is 11.6 Å². The van der Waals surface area contributed by atoms with Gasteiger partial charge in [-0.3, -0.25) is 19.4 Å². The van der Waals surface area contributed by atoms with Crippen molar-refractivity contribution in [2.45, 2.75) is 6.54 Å². The van der Waals surface area contributed by atoms with Crippen LogP contribution in [0.3, 0.4) is 0 Å². The van der Waals surface area contributed by atoms with Crippen molar-refractivity contribution in [2.24, 2.45) is 0 Å². The number of carbonyl (C=O) groups is 3. The van der Waals surface area contributed by atoms with Crippen LogP contribution in [0.4, 0.5) is 10.6 Å². The number of hydrogen-bond acceptors (Lipinski definition) is 5. The zero-order valence-corrected chi connectivity index (χ0v) is 9.08. The molecule has 0 bridgehead atoms. The highest BCUT2D eigenvalue weighted by Crippen LogP contribution is 2.14. The molecule has 0 atom stereocenters. The van der Waals surface area contributed by atoms with Gasteiger partial charge in [0.2, 0.25) is 0 Å². The number of rotatable bonds is 2. The van der Waals surface area contributed by atoms with Crippen LogP contribution in [0, 0.1) is 0 Å². The number of hydrogen-bond donors (Lipinski definition) is 1. The lowest BCUT2D eigenvalue weighted by molar-refractivity contribution is -0.143. The minimum atomic E-state index is -0.825. The first-order valence-corrected chi connectivity index (χ1v) is 4.84. The molecular formula is C10H10N4O3. The minimum Gasteiger partial charge on any atom is -0.384 e. The Balaban J connectivity index is 2.19. The highest BCUT2D eigenvalue weighted by Gasteiger charge is 2.41. The van der Waals surface area contributed by atoms with Gasteiger partial charge in [-0.2, -0.15) is 0 Å². The summed E-state index contributed by atoms with van der Waals surface area (Å²) in [7, 11) is 1.27. The van der Waals surface area contributed by atoms with Crippen LogP contribution in [0.5, 0.6) is 0 Å². The Bertz CT molecular complexity index is 497. The topological polar surface area (TPSA) is 96.6 Å². The molecular weight excluding hydrogens is 224 g/mol. The first-order valence-electron chi connectivity index (χ1n) is 4.84. The first-order chi connectivity index (χ1) is 8.00. The quantitative estimate of drug-likeness (QED) is 0.554. The number of imide groups is 2. The fourth-order valence-corrected chi connectivity index (χ4v) is 1.47. The van der Waals surface area contributed by atoms with E-state index in [9.17, 15) is 14.4 Å². The SMILES string of the molecule is CN1C(=O)C(=O)N(Cc2ccc(N)nc2)C1=O. The summed E-state index contributed by atoms with van der Waals surface area (Å²) in [5.74, 6) is -1.30. The van der Waals surface area contributed by atoms with Crippen LogP contribution in [0.1, 0.15) is 5.56 Å². The highest BCUT2D eigenvalue weighted by atomic mass is 16.2. The Morgan fingerprint density at radius 3 is 2.41 bits per heavy atom. The molecule has 0 aliphatic carbocycles. The first kappa shape index (κ1) is 11.1. The maximum Gasteiger partial charge on any atom is 0.334 e. The number of anilines is 1. The molecule has 1 aromatic heterocycles. The molecule has 88 valence electrons. The number of nitrogens with two attached hydrogens (primary N) is 1. The zero-order valence-electron chi connectivity index (χ0n) is 9.08. The maximum absolute atomic E-state index is 11.6. The number of amides is 4. The van der Waals surface area contributed by atoms with Crippen LogP contribution in [0.2, 0.25) is 0 Å². The van der Waals surface area contributed by atoms with Crippen LogP contribution < -0.4 is 5.73 Å². The molecule has 1 aliphatic rings. The van der Waals surface area contributed by atoms with Gasteiger partial charge in [-0.25, -0.2) is 9.78 Å². The molecule has 0 radical (unpaired) electrons. The lowest BCUT2D eigenvalue weighted by Gasteiger charge is -2.12. The second-order valence-electron chi connectivity index (χ2n) is 3.63. The number of urea groups is 1. The smallest absolute Gasteiger partial charge is 0.334 e. The van der Waals surface area contributed by atoms with Crippen molar-refractivity contribution in [3.8, 4) is 0 Å². The standard InChI is InChI=1S/C10H10N4O3/c1-13-8(15)9(16)14(10(13)17)5-6-2-3-7(11)12-4-6/h2-4H,5H2,1H3,(H2,11,12). The number of aromatic nitrogens is 1. The van der Waals surface area contributed by atoms with Crippen LogP contribution in [-0.4, -0.2) is 39.7 Å².